The topological polar surface area (TPSA) is 83.1 Å². The first-order chi connectivity index (χ1) is 13.0. The van der Waals surface area contributed by atoms with Gasteiger partial charge in [-0.2, -0.15) is 0 Å². The number of fused-ring (bicyclic) bond motifs is 2. The fourth-order valence-corrected chi connectivity index (χ4v) is 3.57. The second-order valence-corrected chi connectivity index (χ2v) is 6.05. The molecule has 3 aromatic rings. The Morgan fingerprint density at radius 3 is 2.04 bits per heavy atom. The molecule has 0 radical (unpaired) electrons. The van der Waals surface area contributed by atoms with E-state index in [1.165, 1.54) is 14.2 Å². The predicted octanol–water partition coefficient (Wildman–Crippen LogP) is 3.16. The van der Waals surface area contributed by atoms with Crippen LogP contribution in [0.1, 0.15) is 10.4 Å². The summed E-state index contributed by atoms with van der Waals surface area (Å²) in [5.74, 6) is 0.634. The van der Waals surface area contributed by atoms with Gasteiger partial charge >= 0.3 is 0 Å². The molecule has 3 aromatic carbocycles. The Bertz CT molecular complexity index is 1130. The number of nitrogens with one attached hydrogen (secondary N) is 1. The van der Waals surface area contributed by atoms with Gasteiger partial charge in [0.15, 0.2) is 23.0 Å². The van der Waals surface area contributed by atoms with Crippen LogP contribution in [0.2, 0.25) is 0 Å². The van der Waals surface area contributed by atoms with Crippen LogP contribution >= 0.6 is 0 Å². The number of hydrogen-bond acceptors (Lipinski definition) is 6. The summed E-state index contributed by atoms with van der Waals surface area (Å²) in [7, 11) is 6.12. The molecule has 0 bridgehead atoms. The highest BCUT2D eigenvalue weighted by atomic mass is 16.5. The first kappa shape index (κ1) is 17.0. The first-order valence-electron chi connectivity index (χ1n) is 8.17. The van der Waals surface area contributed by atoms with Gasteiger partial charge in [-0.3, -0.25) is 9.59 Å². The van der Waals surface area contributed by atoms with Crippen LogP contribution in [0.5, 0.6) is 23.0 Å². The fourth-order valence-electron chi connectivity index (χ4n) is 3.57. The van der Waals surface area contributed by atoms with Crippen molar-refractivity contribution in [1.29, 1.82) is 0 Å². The van der Waals surface area contributed by atoms with E-state index in [0.29, 0.717) is 39.5 Å². The van der Waals surface area contributed by atoms with Gasteiger partial charge in [0.2, 0.25) is 0 Å². The van der Waals surface area contributed by atoms with Crippen LogP contribution in [-0.2, 0) is 4.79 Å². The molecular formula is C20H17NO6. The molecule has 0 unspecified atom stereocenters. The number of amides is 1. The Labute approximate surface area is 154 Å². The summed E-state index contributed by atoms with van der Waals surface area (Å²) in [5.41, 5.74) is 0.809. The van der Waals surface area contributed by atoms with Crippen molar-refractivity contribution in [3.05, 3.63) is 29.8 Å². The zero-order valence-corrected chi connectivity index (χ0v) is 15.3. The van der Waals surface area contributed by atoms with Crippen molar-refractivity contribution in [2.24, 2.45) is 0 Å². The predicted molar refractivity (Wildman–Crippen MR) is 101 cm³/mol. The molecule has 1 heterocycles. The molecule has 0 aliphatic carbocycles. The monoisotopic (exact) mass is 367 g/mol. The van der Waals surface area contributed by atoms with Crippen LogP contribution in [0.4, 0.5) is 5.69 Å². The number of anilines is 1. The first-order valence-corrected chi connectivity index (χ1v) is 8.17. The maximum absolute atomic E-state index is 12.5. The summed E-state index contributed by atoms with van der Waals surface area (Å²) in [6.07, 6.45) is 0. The maximum Gasteiger partial charge on any atom is 0.296 e. The van der Waals surface area contributed by atoms with E-state index >= 15 is 0 Å². The van der Waals surface area contributed by atoms with E-state index in [9.17, 15) is 9.59 Å². The third kappa shape index (κ3) is 2.28. The lowest BCUT2D eigenvalue weighted by molar-refractivity contribution is -0.112. The quantitative estimate of drug-likeness (QED) is 0.563. The molecule has 1 aliphatic heterocycles. The number of ether oxygens (including phenoxy) is 4. The van der Waals surface area contributed by atoms with E-state index in [-0.39, 0.29) is 5.56 Å². The van der Waals surface area contributed by atoms with E-state index in [1.54, 1.807) is 26.4 Å². The standard InChI is InChI=1S/C20H17NO6/c1-24-13-6-9-5-12-16-11(18(22)20(23)21-12)8-15(26-3)19(27-4)17(16)10(9)7-14(13)25-2/h5-8H,1-4H3,(H,21,23). The second kappa shape index (κ2) is 6.05. The average Bonchev–Trinajstić information content (AvgIpc) is 2.69. The molecule has 7 heteroatoms. The summed E-state index contributed by atoms with van der Waals surface area (Å²) in [5, 5.41) is 5.51. The van der Waals surface area contributed by atoms with Crippen molar-refractivity contribution in [3.8, 4) is 23.0 Å². The highest BCUT2D eigenvalue weighted by Crippen LogP contribution is 2.48. The van der Waals surface area contributed by atoms with E-state index in [4.69, 9.17) is 18.9 Å². The van der Waals surface area contributed by atoms with E-state index < -0.39 is 11.7 Å². The number of carbonyl (C=O) groups is 2. The van der Waals surface area contributed by atoms with Gasteiger partial charge in [0.25, 0.3) is 11.7 Å². The number of benzene rings is 3. The zero-order chi connectivity index (χ0) is 19.3. The van der Waals surface area contributed by atoms with Crippen molar-refractivity contribution >= 4 is 38.9 Å². The molecule has 27 heavy (non-hydrogen) atoms. The van der Waals surface area contributed by atoms with Crippen molar-refractivity contribution in [2.45, 2.75) is 0 Å². The largest absolute Gasteiger partial charge is 0.493 e. The second-order valence-electron chi connectivity index (χ2n) is 6.05. The van der Waals surface area contributed by atoms with Gasteiger partial charge in [-0.05, 0) is 35.0 Å². The molecule has 0 spiro atoms. The van der Waals surface area contributed by atoms with Gasteiger partial charge in [0.05, 0.1) is 34.1 Å². The molecule has 0 atom stereocenters. The van der Waals surface area contributed by atoms with Crippen molar-refractivity contribution in [2.75, 3.05) is 33.8 Å². The minimum Gasteiger partial charge on any atom is -0.493 e. The van der Waals surface area contributed by atoms with Crippen molar-refractivity contribution in [3.63, 3.8) is 0 Å². The third-order valence-corrected chi connectivity index (χ3v) is 4.76. The van der Waals surface area contributed by atoms with Crippen molar-refractivity contribution in [1.82, 2.24) is 0 Å². The number of hydrogen-bond donors (Lipinski definition) is 1. The lowest BCUT2D eigenvalue weighted by atomic mass is 9.91. The highest BCUT2D eigenvalue weighted by Gasteiger charge is 2.31. The van der Waals surface area contributed by atoms with Gasteiger partial charge in [-0.25, -0.2) is 0 Å². The summed E-state index contributed by atoms with van der Waals surface area (Å²) in [6.45, 7) is 0. The minimum absolute atomic E-state index is 0.276. The molecule has 0 fully saturated rings. The zero-order valence-electron chi connectivity index (χ0n) is 15.3. The number of carbonyl (C=O) groups excluding carboxylic acids is 2. The lowest BCUT2D eigenvalue weighted by Crippen LogP contribution is -2.27. The van der Waals surface area contributed by atoms with Crippen LogP contribution in [-0.4, -0.2) is 40.1 Å². The van der Waals surface area contributed by atoms with Crippen LogP contribution in [0, 0.1) is 0 Å². The minimum atomic E-state index is -0.684. The maximum atomic E-state index is 12.5. The normalized spacial score (nSPS) is 12.9. The Balaban J connectivity index is 2.28. The molecule has 0 saturated carbocycles. The van der Waals surface area contributed by atoms with Gasteiger partial charge in [-0.15, -0.1) is 0 Å². The average molecular weight is 367 g/mol. The number of methoxy groups -OCH3 is 4. The van der Waals surface area contributed by atoms with Crippen LogP contribution in [0.15, 0.2) is 24.3 Å². The Morgan fingerprint density at radius 2 is 1.41 bits per heavy atom. The summed E-state index contributed by atoms with van der Waals surface area (Å²) < 4.78 is 21.8. The summed E-state index contributed by atoms with van der Waals surface area (Å²) in [6, 6.07) is 6.98. The molecule has 1 N–H and O–H groups in total. The molecule has 1 aliphatic rings. The van der Waals surface area contributed by atoms with E-state index in [1.807, 2.05) is 12.1 Å². The highest BCUT2D eigenvalue weighted by molar-refractivity contribution is 6.52. The van der Waals surface area contributed by atoms with Crippen LogP contribution in [0.3, 0.4) is 0 Å². The smallest absolute Gasteiger partial charge is 0.296 e. The van der Waals surface area contributed by atoms with Gasteiger partial charge in [-0.1, -0.05) is 0 Å². The molecule has 1 amide bonds. The van der Waals surface area contributed by atoms with Gasteiger partial charge in [0, 0.05) is 16.3 Å². The molecular weight excluding hydrogens is 350 g/mol. The molecule has 0 aromatic heterocycles. The number of ketones is 1. The fraction of sp³-hybridized carbons (Fsp3) is 0.200. The Kier molecular flexibility index (Phi) is 3.80. The molecule has 4 rings (SSSR count). The van der Waals surface area contributed by atoms with Gasteiger partial charge < -0.3 is 24.3 Å². The van der Waals surface area contributed by atoms with Crippen molar-refractivity contribution < 1.29 is 28.5 Å². The Morgan fingerprint density at radius 1 is 0.741 bits per heavy atom. The van der Waals surface area contributed by atoms with Crippen LogP contribution in [0.25, 0.3) is 21.5 Å². The van der Waals surface area contributed by atoms with Gasteiger partial charge in [0.1, 0.15) is 0 Å². The number of Topliss-reactive ketones (excluding diaryl/α,β-unsaturated/α-hetero) is 1. The van der Waals surface area contributed by atoms with Crippen LogP contribution < -0.4 is 24.3 Å². The summed E-state index contributed by atoms with van der Waals surface area (Å²) >= 11 is 0. The SMILES string of the molecule is COc1cc2cc3c4c(cc(OC)c(OC)c4c2cc1OC)C(=O)C(=O)N3. The molecule has 0 saturated heterocycles. The number of rotatable bonds is 4. The van der Waals surface area contributed by atoms with E-state index in [2.05, 4.69) is 5.32 Å². The Hall–Kier alpha value is -3.48. The molecule has 7 nitrogen and oxygen atoms in total. The summed E-state index contributed by atoms with van der Waals surface area (Å²) in [4.78, 5) is 24.6. The third-order valence-electron chi connectivity index (χ3n) is 4.76. The van der Waals surface area contributed by atoms with E-state index in [0.717, 1.165) is 10.8 Å². The molecule has 138 valence electrons. The lowest BCUT2D eigenvalue weighted by Gasteiger charge is -2.22.